The topological polar surface area (TPSA) is 77.6 Å². The lowest BCUT2D eigenvalue weighted by Gasteiger charge is -2.01. The molecule has 0 N–H and O–H groups in total. The molecule has 7 nitrogen and oxygen atoms in total. The molecule has 2 aromatic heterocycles. The van der Waals surface area contributed by atoms with Crippen LogP contribution in [0, 0.1) is 0 Å². The Bertz CT molecular complexity index is 943. The van der Waals surface area contributed by atoms with Crippen molar-refractivity contribution in [3.05, 3.63) is 54.0 Å². The third kappa shape index (κ3) is 2.01. The van der Waals surface area contributed by atoms with E-state index in [1.807, 2.05) is 31.2 Å². The Kier molecular flexibility index (Phi) is 3.11. The SMILES string of the molecule is C=CCO/N=C1/c2ccccc2-c2nn3c(CC)nnc3nc21. The van der Waals surface area contributed by atoms with Gasteiger partial charge in [0.05, 0.1) is 0 Å². The van der Waals surface area contributed by atoms with Gasteiger partial charge in [0, 0.05) is 17.5 Å². The Balaban J connectivity index is 1.96. The van der Waals surface area contributed by atoms with E-state index in [0.29, 0.717) is 23.8 Å². The number of aromatic nitrogens is 5. The minimum absolute atomic E-state index is 0.335. The molecule has 23 heavy (non-hydrogen) atoms. The van der Waals surface area contributed by atoms with Crippen molar-refractivity contribution < 1.29 is 4.84 Å². The normalized spacial score (nSPS) is 14.0. The molecule has 0 unspecified atom stereocenters. The van der Waals surface area contributed by atoms with Crippen LogP contribution in [0.25, 0.3) is 17.0 Å². The van der Waals surface area contributed by atoms with Crippen LogP contribution in [0.4, 0.5) is 0 Å². The van der Waals surface area contributed by atoms with Gasteiger partial charge < -0.3 is 4.84 Å². The number of benzene rings is 1. The lowest BCUT2D eigenvalue weighted by molar-refractivity contribution is 0.175. The van der Waals surface area contributed by atoms with Gasteiger partial charge in [0.15, 0.2) is 5.82 Å². The zero-order valence-corrected chi connectivity index (χ0v) is 12.6. The van der Waals surface area contributed by atoms with Crippen LogP contribution in [0.2, 0.25) is 0 Å². The van der Waals surface area contributed by atoms with E-state index in [1.165, 1.54) is 0 Å². The second-order valence-corrected chi connectivity index (χ2v) is 5.06. The minimum Gasteiger partial charge on any atom is -0.391 e. The summed E-state index contributed by atoms with van der Waals surface area (Å²) >= 11 is 0. The van der Waals surface area contributed by atoms with Gasteiger partial charge in [-0.25, -0.2) is 4.98 Å². The molecule has 7 heteroatoms. The highest BCUT2D eigenvalue weighted by Crippen LogP contribution is 2.34. The largest absolute Gasteiger partial charge is 0.391 e. The van der Waals surface area contributed by atoms with Crippen molar-refractivity contribution in [2.45, 2.75) is 13.3 Å². The van der Waals surface area contributed by atoms with Crippen LogP contribution in [-0.4, -0.2) is 37.1 Å². The highest BCUT2D eigenvalue weighted by molar-refractivity contribution is 6.22. The average Bonchev–Trinajstić information content (AvgIpc) is 3.12. The van der Waals surface area contributed by atoms with E-state index in [0.717, 1.165) is 29.1 Å². The Morgan fingerprint density at radius 3 is 2.83 bits per heavy atom. The summed E-state index contributed by atoms with van der Waals surface area (Å²) in [6, 6.07) is 7.91. The Morgan fingerprint density at radius 2 is 2.04 bits per heavy atom. The zero-order chi connectivity index (χ0) is 15.8. The Morgan fingerprint density at radius 1 is 1.22 bits per heavy atom. The molecule has 3 aromatic rings. The summed E-state index contributed by atoms with van der Waals surface area (Å²) in [5.74, 6) is 1.24. The van der Waals surface area contributed by atoms with Gasteiger partial charge in [-0.2, -0.15) is 9.61 Å². The van der Waals surface area contributed by atoms with Crippen molar-refractivity contribution in [2.75, 3.05) is 6.61 Å². The second kappa shape index (κ2) is 5.28. The van der Waals surface area contributed by atoms with E-state index in [-0.39, 0.29) is 0 Å². The highest BCUT2D eigenvalue weighted by atomic mass is 16.6. The molecule has 114 valence electrons. The quantitative estimate of drug-likeness (QED) is 0.327. The predicted molar refractivity (Wildman–Crippen MR) is 85.2 cm³/mol. The fourth-order valence-corrected chi connectivity index (χ4v) is 2.61. The van der Waals surface area contributed by atoms with Crippen molar-refractivity contribution in [3.63, 3.8) is 0 Å². The van der Waals surface area contributed by atoms with Gasteiger partial charge in [0.2, 0.25) is 0 Å². The lowest BCUT2D eigenvalue weighted by atomic mass is 10.1. The van der Waals surface area contributed by atoms with Gasteiger partial charge in [0.25, 0.3) is 5.78 Å². The molecule has 0 bridgehead atoms. The smallest absolute Gasteiger partial charge is 0.272 e. The van der Waals surface area contributed by atoms with E-state index >= 15 is 0 Å². The van der Waals surface area contributed by atoms with Crippen LogP contribution in [0.15, 0.2) is 42.1 Å². The van der Waals surface area contributed by atoms with Gasteiger partial charge >= 0.3 is 0 Å². The van der Waals surface area contributed by atoms with Gasteiger partial charge in [-0.3, -0.25) is 0 Å². The molecule has 0 radical (unpaired) electrons. The molecule has 0 spiro atoms. The number of nitrogens with zero attached hydrogens (tertiary/aromatic N) is 6. The zero-order valence-electron chi connectivity index (χ0n) is 12.6. The monoisotopic (exact) mass is 306 g/mol. The number of rotatable bonds is 4. The van der Waals surface area contributed by atoms with Crippen LogP contribution < -0.4 is 0 Å². The Hall–Kier alpha value is -3.09. The number of hydrogen-bond acceptors (Lipinski definition) is 6. The van der Waals surface area contributed by atoms with E-state index in [4.69, 9.17) is 4.84 Å². The van der Waals surface area contributed by atoms with Crippen LogP contribution >= 0.6 is 0 Å². The average molecular weight is 306 g/mol. The van der Waals surface area contributed by atoms with Crippen molar-refractivity contribution >= 4 is 11.5 Å². The van der Waals surface area contributed by atoms with E-state index in [1.54, 1.807) is 10.6 Å². The first-order chi connectivity index (χ1) is 11.3. The number of hydrogen-bond donors (Lipinski definition) is 0. The molecule has 1 aromatic carbocycles. The predicted octanol–water partition coefficient (Wildman–Crippen LogP) is 2.02. The van der Waals surface area contributed by atoms with Gasteiger partial charge in [-0.1, -0.05) is 49.0 Å². The van der Waals surface area contributed by atoms with Crippen LogP contribution in [0.1, 0.15) is 24.0 Å². The number of fused-ring (bicyclic) bond motifs is 4. The van der Waals surface area contributed by atoms with Crippen LogP contribution in [-0.2, 0) is 11.3 Å². The molecule has 0 fully saturated rings. The van der Waals surface area contributed by atoms with Crippen molar-refractivity contribution in [2.24, 2.45) is 5.16 Å². The fourth-order valence-electron chi connectivity index (χ4n) is 2.61. The molecule has 1 aliphatic rings. The maximum Gasteiger partial charge on any atom is 0.272 e. The van der Waals surface area contributed by atoms with Crippen molar-refractivity contribution in [1.29, 1.82) is 0 Å². The summed E-state index contributed by atoms with van der Waals surface area (Å²) in [6.07, 6.45) is 2.38. The number of aryl methyl sites for hydroxylation is 1. The lowest BCUT2D eigenvalue weighted by Crippen LogP contribution is -2.07. The minimum atomic E-state index is 0.335. The summed E-state index contributed by atoms with van der Waals surface area (Å²) < 4.78 is 1.68. The third-order valence-electron chi connectivity index (χ3n) is 3.65. The molecular weight excluding hydrogens is 292 g/mol. The first kappa shape index (κ1) is 13.6. The summed E-state index contributed by atoms with van der Waals surface area (Å²) in [7, 11) is 0. The summed E-state index contributed by atoms with van der Waals surface area (Å²) in [6.45, 7) is 5.97. The summed E-state index contributed by atoms with van der Waals surface area (Å²) in [5.41, 5.74) is 4.02. The molecule has 0 saturated heterocycles. The second-order valence-electron chi connectivity index (χ2n) is 5.06. The van der Waals surface area contributed by atoms with Crippen LogP contribution in [0.3, 0.4) is 0 Å². The first-order valence-corrected chi connectivity index (χ1v) is 7.36. The van der Waals surface area contributed by atoms with Crippen molar-refractivity contribution in [1.82, 2.24) is 24.8 Å². The molecule has 0 atom stereocenters. The molecule has 2 heterocycles. The van der Waals surface area contributed by atoms with Crippen LogP contribution in [0.5, 0.6) is 0 Å². The van der Waals surface area contributed by atoms with Gasteiger partial charge in [-0.15, -0.1) is 10.2 Å². The summed E-state index contributed by atoms with van der Waals surface area (Å²) in [5, 5.41) is 17.1. The Labute approximate surface area is 132 Å². The maximum absolute atomic E-state index is 5.28. The fraction of sp³-hybridized carbons (Fsp3) is 0.188. The van der Waals surface area contributed by atoms with E-state index in [2.05, 4.69) is 32.0 Å². The maximum atomic E-state index is 5.28. The van der Waals surface area contributed by atoms with Gasteiger partial charge in [0.1, 0.15) is 23.7 Å². The highest BCUT2D eigenvalue weighted by Gasteiger charge is 2.30. The molecule has 0 amide bonds. The molecular formula is C16H14N6O. The van der Waals surface area contributed by atoms with E-state index < -0.39 is 0 Å². The van der Waals surface area contributed by atoms with Gasteiger partial charge in [-0.05, 0) is 0 Å². The molecule has 0 saturated carbocycles. The molecule has 0 aliphatic heterocycles. The third-order valence-corrected chi connectivity index (χ3v) is 3.65. The van der Waals surface area contributed by atoms with E-state index in [9.17, 15) is 0 Å². The standard InChI is InChI=1S/C16H14N6O/c1-3-9-23-21-14-11-8-6-5-7-10(11)13-15(14)17-16-19-18-12(4-2)22(16)20-13/h3,5-8H,1,4,9H2,2H3/b21-14-. The van der Waals surface area contributed by atoms with Crippen molar-refractivity contribution in [3.8, 4) is 11.3 Å². The molecule has 4 rings (SSSR count). The first-order valence-electron chi connectivity index (χ1n) is 7.36. The number of oxime groups is 1. The summed E-state index contributed by atoms with van der Waals surface area (Å²) in [4.78, 5) is 9.87. The molecule has 1 aliphatic carbocycles.